The van der Waals surface area contributed by atoms with Crippen LogP contribution >= 0.6 is 0 Å². The van der Waals surface area contributed by atoms with E-state index in [0.29, 0.717) is 17.5 Å². The molecule has 3 rings (SSSR count). The number of amides is 1. The molecule has 1 N–H and O–H groups in total. The van der Waals surface area contributed by atoms with E-state index in [0.717, 1.165) is 13.1 Å². The first-order valence-corrected chi connectivity index (χ1v) is 6.75. The van der Waals surface area contributed by atoms with E-state index in [1.165, 1.54) is 6.07 Å². The van der Waals surface area contributed by atoms with Gasteiger partial charge in [-0.05, 0) is 19.1 Å². The fourth-order valence-corrected chi connectivity index (χ4v) is 2.41. The molecule has 0 unspecified atom stereocenters. The van der Waals surface area contributed by atoms with Gasteiger partial charge in [-0.25, -0.2) is 0 Å². The number of nitrogens with zero attached hydrogens (tertiary/aromatic N) is 1. The first kappa shape index (κ1) is 12.9. The predicted molar refractivity (Wildman–Crippen MR) is 75.9 cm³/mol. The van der Waals surface area contributed by atoms with Crippen LogP contribution in [0.2, 0.25) is 0 Å². The van der Waals surface area contributed by atoms with Crippen molar-refractivity contribution in [3.63, 3.8) is 0 Å². The number of para-hydroxylation sites is 1. The Kier molecular flexibility index (Phi) is 3.28. The van der Waals surface area contributed by atoms with Crippen molar-refractivity contribution in [3.8, 4) is 0 Å². The minimum atomic E-state index is -0.221. The zero-order valence-corrected chi connectivity index (χ0v) is 11.3. The van der Waals surface area contributed by atoms with E-state index < -0.39 is 0 Å². The molecular formula is C15H16N2O3. The van der Waals surface area contributed by atoms with Crippen molar-refractivity contribution in [2.45, 2.75) is 13.0 Å². The number of fused-ring (bicyclic) bond motifs is 1. The molecule has 2 heterocycles. The zero-order valence-electron chi connectivity index (χ0n) is 11.3. The van der Waals surface area contributed by atoms with E-state index in [-0.39, 0.29) is 23.1 Å². The van der Waals surface area contributed by atoms with Crippen molar-refractivity contribution in [2.24, 2.45) is 0 Å². The van der Waals surface area contributed by atoms with Crippen molar-refractivity contribution >= 4 is 16.9 Å². The van der Waals surface area contributed by atoms with E-state index in [1.54, 1.807) is 29.2 Å². The molecule has 104 valence electrons. The molecule has 0 radical (unpaired) electrons. The number of benzene rings is 1. The van der Waals surface area contributed by atoms with Gasteiger partial charge in [-0.1, -0.05) is 12.1 Å². The van der Waals surface area contributed by atoms with E-state index >= 15 is 0 Å². The maximum absolute atomic E-state index is 12.5. The summed E-state index contributed by atoms with van der Waals surface area (Å²) in [5.41, 5.74) is 0.268. The van der Waals surface area contributed by atoms with E-state index in [9.17, 15) is 9.59 Å². The van der Waals surface area contributed by atoms with Crippen molar-refractivity contribution in [3.05, 3.63) is 46.3 Å². The molecule has 1 amide bonds. The van der Waals surface area contributed by atoms with Gasteiger partial charge >= 0.3 is 0 Å². The molecule has 5 nitrogen and oxygen atoms in total. The summed E-state index contributed by atoms with van der Waals surface area (Å²) in [6.45, 7) is 4.10. The molecule has 2 aromatic rings. The second kappa shape index (κ2) is 5.09. The van der Waals surface area contributed by atoms with Gasteiger partial charge < -0.3 is 14.6 Å². The molecule has 1 aliphatic heterocycles. The predicted octanol–water partition coefficient (Wildman–Crippen LogP) is 1.23. The second-order valence-corrected chi connectivity index (χ2v) is 4.87. The van der Waals surface area contributed by atoms with Crippen LogP contribution in [0.15, 0.2) is 39.5 Å². The molecular weight excluding hydrogens is 256 g/mol. The minimum absolute atomic E-state index is 0.113. The summed E-state index contributed by atoms with van der Waals surface area (Å²) >= 11 is 0. The number of rotatable bonds is 3. The largest absolute Gasteiger partial charge is 0.451 e. The molecule has 1 saturated heterocycles. The van der Waals surface area contributed by atoms with Crippen molar-refractivity contribution in [2.75, 3.05) is 19.6 Å². The van der Waals surface area contributed by atoms with Gasteiger partial charge in [-0.3, -0.25) is 9.59 Å². The van der Waals surface area contributed by atoms with Gasteiger partial charge in [-0.2, -0.15) is 0 Å². The highest BCUT2D eigenvalue weighted by Crippen LogP contribution is 2.15. The molecule has 0 saturated carbocycles. The van der Waals surface area contributed by atoms with Crippen LogP contribution in [-0.4, -0.2) is 36.5 Å². The lowest BCUT2D eigenvalue weighted by Crippen LogP contribution is -2.58. The Labute approximate surface area is 116 Å². The third kappa shape index (κ3) is 2.10. The van der Waals surface area contributed by atoms with Gasteiger partial charge in [0.15, 0.2) is 11.2 Å². The summed E-state index contributed by atoms with van der Waals surface area (Å²) in [5.74, 6) is -0.107. The molecule has 0 bridgehead atoms. The smallest absolute Gasteiger partial charge is 0.290 e. The third-order valence-corrected chi connectivity index (χ3v) is 3.65. The molecule has 1 fully saturated rings. The SMILES string of the molecule is CCN(C(=O)c1cc(=O)c2ccccc2o1)C1CNC1. The lowest BCUT2D eigenvalue weighted by atomic mass is 10.1. The van der Waals surface area contributed by atoms with Gasteiger partial charge in [0.2, 0.25) is 0 Å². The number of nitrogens with one attached hydrogen (secondary N) is 1. The number of likely N-dealkylation sites (N-methyl/N-ethyl adjacent to an activating group) is 1. The Hall–Kier alpha value is -2.14. The average Bonchev–Trinajstić information content (AvgIpc) is 2.41. The zero-order chi connectivity index (χ0) is 14.1. The van der Waals surface area contributed by atoms with Gasteiger partial charge in [0, 0.05) is 25.7 Å². The van der Waals surface area contributed by atoms with Gasteiger partial charge in [0.1, 0.15) is 5.58 Å². The van der Waals surface area contributed by atoms with Crippen LogP contribution in [0.1, 0.15) is 17.5 Å². The average molecular weight is 272 g/mol. The van der Waals surface area contributed by atoms with E-state index in [4.69, 9.17) is 4.42 Å². The van der Waals surface area contributed by atoms with Crippen molar-refractivity contribution in [1.29, 1.82) is 0 Å². The van der Waals surface area contributed by atoms with Crippen LogP contribution < -0.4 is 10.7 Å². The maximum atomic E-state index is 12.5. The fourth-order valence-electron chi connectivity index (χ4n) is 2.41. The van der Waals surface area contributed by atoms with Crippen LogP contribution in [-0.2, 0) is 0 Å². The Morgan fingerprint density at radius 1 is 1.40 bits per heavy atom. The fraction of sp³-hybridized carbons (Fsp3) is 0.333. The lowest BCUT2D eigenvalue weighted by molar-refractivity contribution is 0.0598. The lowest BCUT2D eigenvalue weighted by Gasteiger charge is -2.37. The molecule has 20 heavy (non-hydrogen) atoms. The molecule has 1 aromatic heterocycles. The highest BCUT2D eigenvalue weighted by molar-refractivity contribution is 5.93. The Bertz CT molecular complexity index is 704. The Morgan fingerprint density at radius 2 is 2.15 bits per heavy atom. The molecule has 0 aliphatic carbocycles. The van der Waals surface area contributed by atoms with Gasteiger partial charge in [0.05, 0.1) is 11.4 Å². The van der Waals surface area contributed by atoms with Crippen LogP contribution in [0, 0.1) is 0 Å². The van der Waals surface area contributed by atoms with Gasteiger partial charge in [0.25, 0.3) is 5.91 Å². The quantitative estimate of drug-likeness (QED) is 0.912. The molecule has 1 aliphatic rings. The topological polar surface area (TPSA) is 62.6 Å². The van der Waals surface area contributed by atoms with E-state index in [2.05, 4.69) is 5.32 Å². The van der Waals surface area contributed by atoms with Crippen molar-refractivity contribution < 1.29 is 9.21 Å². The number of hydrogen-bond acceptors (Lipinski definition) is 4. The number of hydrogen-bond donors (Lipinski definition) is 1. The van der Waals surface area contributed by atoms with E-state index in [1.807, 2.05) is 6.92 Å². The first-order chi connectivity index (χ1) is 9.70. The molecule has 0 spiro atoms. The second-order valence-electron chi connectivity index (χ2n) is 4.87. The normalized spacial score (nSPS) is 15.1. The van der Waals surface area contributed by atoms with Crippen molar-refractivity contribution in [1.82, 2.24) is 10.2 Å². The highest BCUT2D eigenvalue weighted by Gasteiger charge is 2.29. The summed E-state index contributed by atoms with van der Waals surface area (Å²) in [6, 6.07) is 8.44. The summed E-state index contributed by atoms with van der Waals surface area (Å²) in [4.78, 5) is 26.2. The molecule has 1 aromatic carbocycles. The summed E-state index contributed by atoms with van der Waals surface area (Å²) in [6.07, 6.45) is 0. The minimum Gasteiger partial charge on any atom is -0.451 e. The molecule has 5 heteroatoms. The summed E-state index contributed by atoms with van der Waals surface area (Å²) in [5, 5.41) is 3.63. The van der Waals surface area contributed by atoms with Crippen LogP contribution in [0.5, 0.6) is 0 Å². The Morgan fingerprint density at radius 3 is 2.80 bits per heavy atom. The highest BCUT2D eigenvalue weighted by atomic mass is 16.3. The number of carbonyl (C=O) groups is 1. The summed E-state index contributed by atoms with van der Waals surface area (Å²) < 4.78 is 5.59. The standard InChI is InChI=1S/C15H16N2O3/c1-2-17(10-8-16-9-10)15(19)14-7-12(18)11-5-3-4-6-13(11)20-14/h3-7,10,16H,2,8-9H2,1H3. The monoisotopic (exact) mass is 272 g/mol. The maximum Gasteiger partial charge on any atom is 0.290 e. The van der Waals surface area contributed by atoms with Crippen LogP contribution in [0.25, 0.3) is 11.0 Å². The van der Waals surface area contributed by atoms with Gasteiger partial charge in [-0.15, -0.1) is 0 Å². The number of carbonyl (C=O) groups excluding carboxylic acids is 1. The summed E-state index contributed by atoms with van der Waals surface area (Å²) in [7, 11) is 0. The van der Waals surface area contributed by atoms with Crippen LogP contribution in [0.3, 0.4) is 0 Å². The third-order valence-electron chi connectivity index (χ3n) is 3.65. The molecule has 0 atom stereocenters. The Balaban J connectivity index is 2.00. The van der Waals surface area contributed by atoms with Crippen LogP contribution in [0.4, 0.5) is 0 Å². The first-order valence-electron chi connectivity index (χ1n) is 6.75.